The molecule has 0 amide bonds. The zero-order valence-corrected chi connectivity index (χ0v) is 19.2. The average molecular weight is 516 g/mol. The van der Waals surface area contributed by atoms with Gasteiger partial charge >= 0.3 is 12.4 Å². The first-order valence-electron chi connectivity index (χ1n) is 11.2. The summed E-state index contributed by atoms with van der Waals surface area (Å²) in [6.07, 6.45) is -8.93. The van der Waals surface area contributed by atoms with Crippen molar-refractivity contribution in [3.8, 4) is 45.5 Å². The van der Waals surface area contributed by atoms with Crippen LogP contribution in [0, 0.1) is 22.7 Å². The van der Waals surface area contributed by atoms with Crippen LogP contribution in [-0.4, -0.2) is 0 Å². The highest BCUT2D eigenvalue weighted by Crippen LogP contribution is 2.48. The summed E-state index contributed by atoms with van der Waals surface area (Å²) in [6.45, 7) is 0. The first-order chi connectivity index (χ1) is 18.0. The van der Waals surface area contributed by atoms with Crippen LogP contribution in [0.3, 0.4) is 0 Å². The lowest BCUT2D eigenvalue weighted by Crippen LogP contribution is -2.04. The Morgan fingerprint density at radius 2 is 0.816 bits per heavy atom. The molecule has 0 unspecified atom stereocenters. The summed E-state index contributed by atoms with van der Waals surface area (Å²) in [5.41, 5.74) is 3.50. The Hall–Kier alpha value is -4.82. The van der Waals surface area contributed by atoms with E-state index in [0.29, 0.717) is 39.0 Å². The Kier molecular flexibility index (Phi) is 5.84. The van der Waals surface area contributed by atoms with Crippen molar-refractivity contribution < 1.29 is 26.3 Å². The number of benzene rings is 4. The summed E-state index contributed by atoms with van der Waals surface area (Å²) < 4.78 is 77.9. The zero-order chi connectivity index (χ0) is 27.2. The van der Waals surface area contributed by atoms with Gasteiger partial charge in [0.1, 0.15) is 17.7 Å². The van der Waals surface area contributed by atoms with Gasteiger partial charge in [-0.2, -0.15) is 36.9 Å². The maximum Gasteiger partial charge on any atom is 0.416 e. The van der Waals surface area contributed by atoms with Crippen LogP contribution in [0.25, 0.3) is 39.0 Å². The van der Waals surface area contributed by atoms with Crippen molar-refractivity contribution in [2.75, 3.05) is 0 Å². The molecule has 2 nitrogen and oxygen atoms in total. The van der Waals surface area contributed by atoms with Crippen molar-refractivity contribution >= 4 is 5.57 Å². The van der Waals surface area contributed by atoms with Crippen LogP contribution in [0.15, 0.2) is 90.5 Å². The van der Waals surface area contributed by atoms with Gasteiger partial charge in [0.05, 0.1) is 11.1 Å². The summed E-state index contributed by atoms with van der Waals surface area (Å²) in [5.74, 6) is 0. The summed E-state index contributed by atoms with van der Waals surface area (Å²) >= 11 is 0. The lowest BCUT2D eigenvalue weighted by atomic mass is 9.94. The van der Waals surface area contributed by atoms with Crippen molar-refractivity contribution in [3.63, 3.8) is 0 Å². The molecule has 0 aliphatic heterocycles. The minimum absolute atomic E-state index is 0.154. The van der Waals surface area contributed by atoms with E-state index in [2.05, 4.69) is 0 Å². The van der Waals surface area contributed by atoms with Gasteiger partial charge in [0, 0.05) is 5.57 Å². The molecule has 4 aromatic carbocycles. The molecule has 38 heavy (non-hydrogen) atoms. The van der Waals surface area contributed by atoms with E-state index in [1.54, 1.807) is 36.4 Å². The molecule has 0 saturated heterocycles. The quantitative estimate of drug-likeness (QED) is 0.174. The third-order valence-corrected chi connectivity index (χ3v) is 6.43. The number of halogens is 6. The Labute approximate surface area is 213 Å². The molecule has 1 aliphatic rings. The SMILES string of the molecule is N#CC(C#N)=C1c2cc(-c3ccc(C(F)(F)F)cc3)ccc2-c2ccc(-c3ccc(C(F)(F)F)cc3)cc21. The highest BCUT2D eigenvalue weighted by atomic mass is 19.4. The van der Waals surface area contributed by atoms with Gasteiger partial charge in [0.25, 0.3) is 0 Å². The highest BCUT2D eigenvalue weighted by Gasteiger charge is 2.32. The molecule has 186 valence electrons. The number of rotatable bonds is 2. The first-order valence-corrected chi connectivity index (χ1v) is 11.2. The molecule has 8 heteroatoms. The number of nitrogens with zero attached hydrogens (tertiary/aromatic N) is 2. The second-order valence-corrected chi connectivity index (χ2v) is 8.64. The molecule has 0 aromatic heterocycles. The van der Waals surface area contributed by atoms with E-state index in [4.69, 9.17) is 0 Å². The van der Waals surface area contributed by atoms with Crippen molar-refractivity contribution in [1.82, 2.24) is 0 Å². The number of allylic oxidation sites excluding steroid dienone is 1. The Bertz CT molecular complexity index is 1550. The van der Waals surface area contributed by atoms with Gasteiger partial charge in [0.15, 0.2) is 0 Å². The van der Waals surface area contributed by atoms with Gasteiger partial charge < -0.3 is 0 Å². The number of fused-ring (bicyclic) bond motifs is 3. The maximum atomic E-state index is 13.0. The van der Waals surface area contributed by atoms with Gasteiger partial charge in [0.2, 0.25) is 0 Å². The molecule has 0 radical (unpaired) electrons. The Balaban J connectivity index is 1.62. The van der Waals surface area contributed by atoms with Gasteiger partial charge in [-0.3, -0.25) is 0 Å². The molecule has 5 rings (SSSR count). The van der Waals surface area contributed by atoms with E-state index in [0.717, 1.165) is 35.4 Å². The number of hydrogen-bond acceptors (Lipinski definition) is 2. The van der Waals surface area contributed by atoms with E-state index in [9.17, 15) is 36.9 Å². The molecule has 0 N–H and O–H groups in total. The minimum atomic E-state index is -4.46. The molecule has 1 aliphatic carbocycles. The van der Waals surface area contributed by atoms with E-state index in [-0.39, 0.29) is 5.57 Å². The molecule has 0 bridgehead atoms. The number of hydrogen-bond donors (Lipinski definition) is 0. The fourth-order valence-corrected chi connectivity index (χ4v) is 4.59. The monoisotopic (exact) mass is 516 g/mol. The van der Waals surface area contributed by atoms with E-state index in [1.807, 2.05) is 12.1 Å². The van der Waals surface area contributed by atoms with Gasteiger partial charge in [-0.05, 0) is 80.9 Å². The largest absolute Gasteiger partial charge is 0.416 e. The summed E-state index contributed by atoms with van der Waals surface area (Å²) in [6, 6.07) is 23.7. The second kappa shape index (κ2) is 8.93. The molecule has 0 atom stereocenters. The first kappa shape index (κ1) is 24.9. The molecule has 0 saturated carbocycles. The van der Waals surface area contributed by atoms with Crippen LogP contribution >= 0.6 is 0 Å². The van der Waals surface area contributed by atoms with Crippen molar-refractivity contribution in [2.24, 2.45) is 0 Å². The zero-order valence-electron chi connectivity index (χ0n) is 19.2. The molecule has 0 spiro atoms. The molecular weight excluding hydrogens is 502 g/mol. The summed E-state index contributed by atoms with van der Waals surface area (Å²) in [7, 11) is 0. The fourth-order valence-electron chi connectivity index (χ4n) is 4.59. The average Bonchev–Trinajstić information content (AvgIpc) is 3.21. The van der Waals surface area contributed by atoms with Crippen LogP contribution in [0.4, 0.5) is 26.3 Å². The van der Waals surface area contributed by atoms with Crippen LogP contribution in [0.1, 0.15) is 22.3 Å². The van der Waals surface area contributed by atoms with Gasteiger partial charge in [-0.25, -0.2) is 0 Å². The van der Waals surface area contributed by atoms with E-state index in [1.165, 1.54) is 24.3 Å². The third kappa shape index (κ3) is 4.31. The molecule has 0 fully saturated rings. The maximum absolute atomic E-state index is 13.0. The smallest absolute Gasteiger partial charge is 0.192 e. The van der Waals surface area contributed by atoms with Gasteiger partial charge in [-0.15, -0.1) is 0 Å². The molecular formula is C30H14F6N2. The normalized spacial score (nSPS) is 12.4. The van der Waals surface area contributed by atoms with Crippen LogP contribution in [0.5, 0.6) is 0 Å². The predicted molar refractivity (Wildman–Crippen MR) is 130 cm³/mol. The predicted octanol–water partition coefficient (Wildman–Crippen LogP) is 8.89. The van der Waals surface area contributed by atoms with E-state index < -0.39 is 23.5 Å². The van der Waals surface area contributed by atoms with E-state index >= 15 is 0 Å². The number of nitriles is 2. The lowest BCUT2D eigenvalue weighted by molar-refractivity contribution is -0.138. The topological polar surface area (TPSA) is 47.6 Å². The van der Waals surface area contributed by atoms with Crippen molar-refractivity contribution in [3.05, 3.63) is 113 Å². The fraction of sp³-hybridized carbons (Fsp3) is 0.0667. The summed E-state index contributed by atoms with van der Waals surface area (Å²) in [4.78, 5) is 0. The Morgan fingerprint density at radius 1 is 0.474 bits per heavy atom. The van der Waals surface area contributed by atoms with Crippen LogP contribution < -0.4 is 0 Å². The highest BCUT2D eigenvalue weighted by molar-refractivity contribution is 6.05. The standard InChI is InChI=1S/C30H14F6N2/c31-29(32,33)22-7-1-17(2-8-22)19-5-11-24-25-12-6-20(18-3-9-23(10-4-18)30(34,35)36)14-27(25)28(26(24)13-19)21(15-37)16-38/h1-14H. The van der Waals surface area contributed by atoms with Crippen molar-refractivity contribution in [2.45, 2.75) is 12.4 Å². The Morgan fingerprint density at radius 3 is 1.13 bits per heavy atom. The summed E-state index contributed by atoms with van der Waals surface area (Å²) in [5, 5.41) is 19.4. The minimum Gasteiger partial charge on any atom is -0.192 e. The number of alkyl halides is 6. The molecule has 0 heterocycles. The second-order valence-electron chi connectivity index (χ2n) is 8.64. The van der Waals surface area contributed by atoms with Crippen LogP contribution in [-0.2, 0) is 12.4 Å². The van der Waals surface area contributed by atoms with Crippen molar-refractivity contribution in [1.29, 1.82) is 10.5 Å². The third-order valence-electron chi connectivity index (χ3n) is 6.43. The van der Waals surface area contributed by atoms with Crippen LogP contribution in [0.2, 0.25) is 0 Å². The molecule has 4 aromatic rings. The lowest BCUT2D eigenvalue weighted by Gasteiger charge is -2.10. The van der Waals surface area contributed by atoms with Gasteiger partial charge in [-0.1, -0.05) is 48.5 Å².